The molecular weight excluding hydrogens is 495 g/mol. The molecule has 0 N–H and O–H groups in total. The van der Waals surface area contributed by atoms with Crippen molar-refractivity contribution < 1.29 is 18.0 Å². The normalized spacial score (nSPS) is 11.2. The summed E-state index contributed by atoms with van der Waals surface area (Å²) in [7, 11) is 0. The zero-order valence-electron chi connectivity index (χ0n) is 21.0. The van der Waals surface area contributed by atoms with E-state index in [9.17, 15) is 18.0 Å². The number of carbonyl (C=O) groups is 1. The molecule has 0 aliphatic carbocycles. The third kappa shape index (κ3) is 5.51. The zero-order valence-corrected chi connectivity index (χ0v) is 21.0. The Morgan fingerprint density at radius 3 is 1.54 bits per heavy atom. The Balaban J connectivity index is 1.31. The van der Waals surface area contributed by atoms with Crippen LogP contribution in [0.1, 0.15) is 32.6 Å². The lowest BCUT2D eigenvalue weighted by Crippen LogP contribution is -2.06. The van der Waals surface area contributed by atoms with Gasteiger partial charge in [-0.2, -0.15) is 18.4 Å². The number of carbonyl (C=O) groups excluding carboxylic acids is 1. The summed E-state index contributed by atoms with van der Waals surface area (Å²) in [5.41, 5.74) is 7.86. The monoisotopic (exact) mass is 517 g/mol. The predicted molar refractivity (Wildman–Crippen MR) is 147 cm³/mol. The van der Waals surface area contributed by atoms with Crippen LogP contribution in [0.2, 0.25) is 0 Å². The molecule has 2 nitrogen and oxygen atoms in total. The largest absolute Gasteiger partial charge is 0.416 e. The average molecular weight is 518 g/mol. The van der Waals surface area contributed by atoms with Gasteiger partial charge in [-0.3, -0.25) is 4.79 Å². The Hall–Kier alpha value is -4.95. The molecule has 0 aromatic heterocycles. The second-order valence-electron chi connectivity index (χ2n) is 9.28. The van der Waals surface area contributed by atoms with Crippen molar-refractivity contribution in [3.8, 4) is 39.4 Å². The van der Waals surface area contributed by atoms with Crippen molar-refractivity contribution in [1.29, 1.82) is 5.26 Å². The van der Waals surface area contributed by atoms with Gasteiger partial charge in [-0.15, -0.1) is 0 Å². The average Bonchev–Trinajstić information content (AvgIpc) is 2.97. The molecule has 0 amide bonds. The number of aryl methyl sites for hydroxylation is 1. The number of benzene rings is 5. The lowest BCUT2D eigenvalue weighted by molar-refractivity contribution is -0.137. The van der Waals surface area contributed by atoms with Gasteiger partial charge in [0.2, 0.25) is 0 Å². The van der Waals surface area contributed by atoms with Crippen LogP contribution in [0, 0.1) is 18.3 Å². The number of nitriles is 1. The fourth-order valence-corrected chi connectivity index (χ4v) is 4.54. The van der Waals surface area contributed by atoms with Gasteiger partial charge in [-0.25, -0.2) is 0 Å². The van der Waals surface area contributed by atoms with Crippen molar-refractivity contribution >= 4 is 5.78 Å². The van der Waals surface area contributed by atoms with E-state index in [1.165, 1.54) is 12.1 Å². The summed E-state index contributed by atoms with van der Waals surface area (Å²) in [5.74, 6) is -0.328. The second-order valence-corrected chi connectivity index (χ2v) is 9.28. The summed E-state index contributed by atoms with van der Waals surface area (Å²) in [6, 6.07) is 35.4. The summed E-state index contributed by atoms with van der Waals surface area (Å²) < 4.78 is 38.4. The van der Waals surface area contributed by atoms with Crippen molar-refractivity contribution in [1.82, 2.24) is 0 Å². The molecule has 0 radical (unpaired) electrons. The minimum absolute atomic E-state index is 0.209. The Morgan fingerprint density at radius 1 is 0.615 bits per heavy atom. The first-order valence-corrected chi connectivity index (χ1v) is 12.3. The maximum Gasteiger partial charge on any atom is 0.416 e. The van der Waals surface area contributed by atoms with Crippen molar-refractivity contribution in [2.45, 2.75) is 13.1 Å². The second kappa shape index (κ2) is 10.4. The van der Waals surface area contributed by atoms with Gasteiger partial charge in [-0.1, -0.05) is 91.0 Å². The maximum atomic E-state index is 12.8. The number of nitrogens with zero attached hydrogens (tertiary/aromatic N) is 1. The molecule has 190 valence electrons. The third-order valence-corrected chi connectivity index (χ3v) is 6.72. The molecule has 0 bridgehead atoms. The van der Waals surface area contributed by atoms with Gasteiger partial charge in [0.05, 0.1) is 17.2 Å². The Labute approximate surface area is 224 Å². The van der Waals surface area contributed by atoms with Crippen LogP contribution in [0.15, 0.2) is 115 Å². The van der Waals surface area contributed by atoms with Crippen molar-refractivity contribution in [3.05, 3.63) is 143 Å². The van der Waals surface area contributed by atoms with Gasteiger partial charge in [0, 0.05) is 11.1 Å². The first-order valence-electron chi connectivity index (χ1n) is 12.3. The van der Waals surface area contributed by atoms with E-state index in [4.69, 9.17) is 5.26 Å². The number of rotatable bonds is 5. The summed E-state index contributed by atoms with van der Waals surface area (Å²) >= 11 is 0. The molecule has 5 aromatic rings. The van der Waals surface area contributed by atoms with Gasteiger partial charge in [0.1, 0.15) is 0 Å². The van der Waals surface area contributed by atoms with Crippen LogP contribution in [0.4, 0.5) is 13.2 Å². The van der Waals surface area contributed by atoms with Crippen LogP contribution < -0.4 is 0 Å². The van der Waals surface area contributed by atoms with Crippen molar-refractivity contribution in [2.24, 2.45) is 0 Å². The third-order valence-electron chi connectivity index (χ3n) is 6.72. The molecule has 0 aliphatic rings. The molecule has 0 saturated heterocycles. The Kier molecular flexibility index (Phi) is 6.87. The first-order chi connectivity index (χ1) is 18.7. The SMILES string of the molecule is Cc1cc(-c2ccc(-c3ccc(C(=O)c4ccc(C(F)(F)F)cc4)cc3)cc2)ccc1-c1ccc(C#N)cc1. The molecule has 5 heteroatoms. The highest BCUT2D eigenvalue weighted by molar-refractivity contribution is 6.09. The van der Waals surface area contributed by atoms with E-state index in [0.717, 1.165) is 51.1 Å². The van der Waals surface area contributed by atoms with Crippen LogP contribution >= 0.6 is 0 Å². The van der Waals surface area contributed by atoms with Gasteiger partial charge in [-0.05, 0) is 70.1 Å². The standard InChI is InChI=1S/C34H22F3NO/c1-22-20-30(16-19-32(22)27-4-2-23(21-38)3-5-27)26-8-6-24(7-9-26)25-10-12-28(13-11-25)33(39)29-14-17-31(18-15-29)34(35,36)37/h2-20H,1H3. The van der Waals surface area contributed by atoms with E-state index < -0.39 is 11.7 Å². The lowest BCUT2D eigenvalue weighted by Gasteiger charge is -2.10. The summed E-state index contributed by atoms with van der Waals surface area (Å²) in [5, 5.41) is 9.02. The highest BCUT2D eigenvalue weighted by Crippen LogP contribution is 2.31. The van der Waals surface area contributed by atoms with Crippen LogP contribution in [-0.4, -0.2) is 5.78 Å². The summed E-state index contributed by atoms with van der Waals surface area (Å²) in [6.45, 7) is 2.07. The molecule has 0 aliphatic heterocycles. The van der Waals surface area contributed by atoms with E-state index in [1.54, 1.807) is 12.1 Å². The molecule has 39 heavy (non-hydrogen) atoms. The smallest absolute Gasteiger partial charge is 0.289 e. The fourth-order valence-electron chi connectivity index (χ4n) is 4.54. The van der Waals surface area contributed by atoms with E-state index >= 15 is 0 Å². The minimum atomic E-state index is -4.44. The van der Waals surface area contributed by atoms with Crippen molar-refractivity contribution in [2.75, 3.05) is 0 Å². The number of hydrogen-bond donors (Lipinski definition) is 0. The number of halogens is 3. The number of alkyl halides is 3. The minimum Gasteiger partial charge on any atom is -0.289 e. The summed E-state index contributed by atoms with van der Waals surface area (Å²) in [6.07, 6.45) is -4.44. The van der Waals surface area contributed by atoms with Gasteiger partial charge in [0.15, 0.2) is 5.78 Å². The molecule has 0 atom stereocenters. The molecule has 5 rings (SSSR count). The predicted octanol–water partition coefficient (Wildman–Crippen LogP) is 9.12. The van der Waals surface area contributed by atoms with Gasteiger partial charge < -0.3 is 0 Å². The topological polar surface area (TPSA) is 40.9 Å². The highest BCUT2D eigenvalue weighted by Gasteiger charge is 2.30. The first kappa shape index (κ1) is 25.7. The Morgan fingerprint density at radius 2 is 1.05 bits per heavy atom. The molecule has 0 heterocycles. The quantitative estimate of drug-likeness (QED) is 0.218. The number of ketones is 1. The zero-order chi connectivity index (χ0) is 27.6. The Bertz CT molecular complexity index is 1680. The fraction of sp³-hybridized carbons (Fsp3) is 0.0588. The van der Waals surface area contributed by atoms with E-state index in [1.807, 2.05) is 60.7 Å². The van der Waals surface area contributed by atoms with E-state index in [-0.39, 0.29) is 11.3 Å². The molecule has 5 aromatic carbocycles. The van der Waals surface area contributed by atoms with Crippen LogP contribution in [-0.2, 0) is 6.18 Å². The number of hydrogen-bond acceptors (Lipinski definition) is 2. The maximum absolute atomic E-state index is 12.8. The molecule has 0 fully saturated rings. The van der Waals surface area contributed by atoms with Crippen LogP contribution in [0.25, 0.3) is 33.4 Å². The molecule has 0 spiro atoms. The van der Waals surface area contributed by atoms with Gasteiger partial charge >= 0.3 is 6.18 Å². The summed E-state index contributed by atoms with van der Waals surface area (Å²) in [4.78, 5) is 12.7. The van der Waals surface area contributed by atoms with Crippen LogP contribution in [0.5, 0.6) is 0 Å². The van der Waals surface area contributed by atoms with Crippen molar-refractivity contribution in [3.63, 3.8) is 0 Å². The van der Waals surface area contributed by atoms with E-state index in [2.05, 4.69) is 31.2 Å². The highest BCUT2D eigenvalue weighted by atomic mass is 19.4. The van der Waals surface area contributed by atoms with Gasteiger partial charge in [0.25, 0.3) is 0 Å². The molecule has 0 unspecified atom stereocenters. The van der Waals surface area contributed by atoms with Crippen LogP contribution in [0.3, 0.4) is 0 Å². The molecule has 0 saturated carbocycles. The lowest BCUT2D eigenvalue weighted by atomic mass is 9.94. The van der Waals surface area contributed by atoms with E-state index in [0.29, 0.717) is 11.1 Å². The molecular formula is C34H22F3NO.